The maximum Gasteiger partial charge on any atom is 0.148 e. The summed E-state index contributed by atoms with van der Waals surface area (Å²) in [4.78, 5) is 10.2. The fraction of sp³-hybridized carbons (Fsp3) is 0.0811. The number of nitrogens with zero attached hydrogens (tertiary/aromatic N) is 3. The number of hydrogen-bond donors (Lipinski definition) is 0. The fourth-order valence-electron chi connectivity index (χ4n) is 7.20. The molecule has 0 saturated carbocycles. The van der Waals surface area contributed by atoms with Crippen molar-refractivity contribution < 1.29 is 0 Å². The van der Waals surface area contributed by atoms with Gasteiger partial charge in [0, 0.05) is 33.8 Å². The molecule has 1 aliphatic rings. The van der Waals surface area contributed by atoms with E-state index in [-0.39, 0.29) is 0 Å². The van der Waals surface area contributed by atoms with Crippen LogP contribution in [0.3, 0.4) is 0 Å². The maximum absolute atomic E-state index is 5.14. The first-order valence-electron chi connectivity index (χ1n) is 13.9. The summed E-state index contributed by atoms with van der Waals surface area (Å²) in [6.07, 6.45) is 0.937. The second-order valence-electron chi connectivity index (χ2n) is 11.0. The molecule has 0 N–H and O–H groups in total. The molecule has 0 saturated heterocycles. The first-order chi connectivity index (χ1) is 19.8. The molecule has 2 heterocycles. The van der Waals surface area contributed by atoms with E-state index in [4.69, 9.17) is 9.97 Å². The minimum atomic E-state index is 0.620. The predicted molar refractivity (Wildman–Crippen MR) is 166 cm³/mol. The fourth-order valence-corrected chi connectivity index (χ4v) is 7.20. The molecule has 8 aromatic rings. The lowest BCUT2D eigenvalue weighted by molar-refractivity contribution is 0.794. The van der Waals surface area contributed by atoms with Crippen LogP contribution in [0.4, 0.5) is 0 Å². The zero-order chi connectivity index (χ0) is 26.4. The van der Waals surface area contributed by atoms with E-state index in [0.717, 1.165) is 28.8 Å². The Hall–Kier alpha value is -5.02. The quantitative estimate of drug-likeness (QED) is 0.217. The highest BCUT2D eigenvalue weighted by atomic mass is 15.0. The van der Waals surface area contributed by atoms with E-state index in [1.54, 1.807) is 0 Å². The van der Waals surface area contributed by atoms with Crippen LogP contribution in [0.25, 0.3) is 65.4 Å². The van der Waals surface area contributed by atoms with Crippen LogP contribution in [-0.2, 0) is 13.0 Å². The van der Waals surface area contributed by atoms with E-state index in [1.807, 2.05) is 0 Å². The number of para-hydroxylation sites is 1. The molecule has 0 atom stereocenters. The molecule has 9 rings (SSSR count). The Kier molecular flexibility index (Phi) is 4.37. The van der Waals surface area contributed by atoms with Crippen LogP contribution in [0.15, 0.2) is 109 Å². The van der Waals surface area contributed by atoms with E-state index in [0.29, 0.717) is 6.54 Å². The van der Waals surface area contributed by atoms with E-state index in [9.17, 15) is 0 Å². The number of hydrogen-bond acceptors (Lipinski definition) is 2. The van der Waals surface area contributed by atoms with E-state index in [1.165, 1.54) is 65.6 Å². The van der Waals surface area contributed by atoms with Crippen molar-refractivity contribution in [2.45, 2.75) is 19.9 Å². The number of rotatable bonds is 2. The van der Waals surface area contributed by atoms with Crippen LogP contribution in [0, 0.1) is 6.92 Å². The SMILES string of the molecule is Cc1nc(Cn2c3ccccc3c3c4ccccc4c4c(c32)Cc2ccccc2-4)nc2ccc3ccccc3c12. The molecular formula is C37H25N3. The average molecular weight is 512 g/mol. The van der Waals surface area contributed by atoms with Gasteiger partial charge in [-0.1, -0.05) is 97.1 Å². The number of aromatic nitrogens is 3. The Balaban J connectivity index is 1.36. The highest BCUT2D eigenvalue weighted by Crippen LogP contribution is 2.48. The Bertz CT molecular complexity index is 2340. The molecule has 1 aliphatic carbocycles. The van der Waals surface area contributed by atoms with Crippen molar-refractivity contribution in [1.82, 2.24) is 14.5 Å². The summed E-state index contributed by atoms with van der Waals surface area (Å²) in [5.41, 5.74) is 10.1. The lowest BCUT2D eigenvalue weighted by atomic mass is 9.94. The summed E-state index contributed by atoms with van der Waals surface area (Å²) in [6, 6.07) is 39.5. The van der Waals surface area contributed by atoms with Crippen molar-refractivity contribution in [2.24, 2.45) is 0 Å². The van der Waals surface area contributed by atoms with Gasteiger partial charge in [0.15, 0.2) is 0 Å². The maximum atomic E-state index is 5.14. The highest BCUT2D eigenvalue weighted by molar-refractivity contribution is 6.26. The lowest BCUT2D eigenvalue weighted by Gasteiger charge is -2.14. The first-order valence-corrected chi connectivity index (χ1v) is 13.9. The van der Waals surface area contributed by atoms with Crippen LogP contribution in [-0.4, -0.2) is 14.5 Å². The second kappa shape index (κ2) is 8.00. The van der Waals surface area contributed by atoms with Gasteiger partial charge < -0.3 is 4.57 Å². The highest BCUT2D eigenvalue weighted by Gasteiger charge is 2.27. The molecule has 0 amide bonds. The number of aryl methyl sites for hydroxylation is 1. The zero-order valence-corrected chi connectivity index (χ0v) is 22.1. The van der Waals surface area contributed by atoms with E-state index in [2.05, 4.69) is 121 Å². The largest absolute Gasteiger partial charge is 0.332 e. The van der Waals surface area contributed by atoms with Crippen molar-refractivity contribution in [3.63, 3.8) is 0 Å². The third-order valence-corrected chi connectivity index (χ3v) is 8.79. The van der Waals surface area contributed by atoms with Crippen molar-refractivity contribution in [2.75, 3.05) is 0 Å². The Labute approximate surface area is 231 Å². The van der Waals surface area contributed by atoms with Gasteiger partial charge in [0.2, 0.25) is 0 Å². The Morgan fingerprint density at radius 1 is 0.650 bits per heavy atom. The zero-order valence-electron chi connectivity index (χ0n) is 22.1. The molecule has 6 aromatic carbocycles. The molecule has 0 bridgehead atoms. The molecule has 40 heavy (non-hydrogen) atoms. The monoisotopic (exact) mass is 511 g/mol. The summed E-state index contributed by atoms with van der Waals surface area (Å²) in [5.74, 6) is 0.848. The van der Waals surface area contributed by atoms with Gasteiger partial charge in [-0.05, 0) is 62.9 Å². The molecule has 0 unspecified atom stereocenters. The molecule has 0 spiro atoms. The van der Waals surface area contributed by atoms with Crippen LogP contribution < -0.4 is 0 Å². The van der Waals surface area contributed by atoms with Gasteiger partial charge in [0.05, 0.1) is 17.6 Å². The minimum absolute atomic E-state index is 0.620. The van der Waals surface area contributed by atoms with Crippen molar-refractivity contribution in [3.8, 4) is 11.1 Å². The summed E-state index contributed by atoms with van der Waals surface area (Å²) in [6.45, 7) is 2.74. The first kappa shape index (κ1) is 21.9. The number of benzene rings is 6. The van der Waals surface area contributed by atoms with Gasteiger partial charge in [-0.3, -0.25) is 0 Å². The third-order valence-electron chi connectivity index (χ3n) is 8.79. The van der Waals surface area contributed by atoms with Crippen molar-refractivity contribution in [1.29, 1.82) is 0 Å². The van der Waals surface area contributed by atoms with Crippen LogP contribution in [0.5, 0.6) is 0 Å². The van der Waals surface area contributed by atoms with Crippen LogP contribution in [0.1, 0.15) is 22.6 Å². The summed E-state index contributed by atoms with van der Waals surface area (Å²) >= 11 is 0. The normalized spacial score (nSPS) is 12.6. The molecular weight excluding hydrogens is 486 g/mol. The minimum Gasteiger partial charge on any atom is -0.332 e. The molecule has 0 radical (unpaired) electrons. The second-order valence-corrected chi connectivity index (χ2v) is 11.0. The smallest absolute Gasteiger partial charge is 0.148 e. The van der Waals surface area contributed by atoms with Crippen molar-refractivity contribution >= 4 is 54.3 Å². The van der Waals surface area contributed by atoms with E-state index >= 15 is 0 Å². The molecule has 3 nitrogen and oxygen atoms in total. The van der Waals surface area contributed by atoms with Crippen LogP contribution in [0.2, 0.25) is 0 Å². The van der Waals surface area contributed by atoms with Gasteiger partial charge in [0.25, 0.3) is 0 Å². The summed E-state index contributed by atoms with van der Waals surface area (Å²) in [7, 11) is 0. The van der Waals surface area contributed by atoms with E-state index < -0.39 is 0 Å². The number of fused-ring (bicyclic) bond motifs is 13. The van der Waals surface area contributed by atoms with Gasteiger partial charge in [-0.25, -0.2) is 9.97 Å². The van der Waals surface area contributed by atoms with Gasteiger partial charge in [0.1, 0.15) is 5.82 Å². The lowest BCUT2D eigenvalue weighted by Crippen LogP contribution is -2.07. The van der Waals surface area contributed by atoms with Crippen molar-refractivity contribution in [3.05, 3.63) is 132 Å². The third kappa shape index (κ3) is 2.89. The van der Waals surface area contributed by atoms with Gasteiger partial charge >= 0.3 is 0 Å². The Morgan fingerprint density at radius 3 is 2.27 bits per heavy atom. The molecule has 0 fully saturated rings. The molecule has 2 aromatic heterocycles. The Morgan fingerprint density at radius 2 is 1.38 bits per heavy atom. The molecule has 188 valence electrons. The summed E-state index contributed by atoms with van der Waals surface area (Å²) in [5, 5.41) is 8.85. The topological polar surface area (TPSA) is 30.7 Å². The average Bonchev–Trinajstić information content (AvgIpc) is 3.54. The van der Waals surface area contributed by atoms with Gasteiger partial charge in [-0.2, -0.15) is 0 Å². The van der Waals surface area contributed by atoms with Gasteiger partial charge in [-0.15, -0.1) is 0 Å². The predicted octanol–water partition coefficient (Wildman–Crippen LogP) is 8.97. The molecule has 3 heteroatoms. The standard InChI is InChI=1S/C37H25N3/c1-22-34-25-12-4-2-10-23(25)18-19-31(34)39-33(38-22)21-40-32-17-9-8-16-29(32)36-28-15-7-6-14-27(28)35-26-13-5-3-11-24(26)20-30(35)37(36)40/h2-19H,20-21H2,1H3. The summed E-state index contributed by atoms with van der Waals surface area (Å²) < 4.78 is 2.48. The molecule has 0 aliphatic heterocycles. The van der Waals surface area contributed by atoms with Crippen LogP contribution >= 0.6 is 0 Å².